The van der Waals surface area contributed by atoms with Gasteiger partial charge >= 0.3 is 0 Å². The van der Waals surface area contributed by atoms with E-state index in [9.17, 15) is 4.79 Å². The largest absolute Gasteiger partial charge is 0.349 e. The quantitative estimate of drug-likeness (QED) is 0.818. The molecule has 1 aromatic rings. The Morgan fingerprint density at radius 1 is 1.33 bits per heavy atom. The summed E-state index contributed by atoms with van der Waals surface area (Å²) < 4.78 is 2.34. The molecule has 2 aliphatic rings. The van der Waals surface area contributed by atoms with Gasteiger partial charge in [0.15, 0.2) is 5.78 Å². The van der Waals surface area contributed by atoms with Crippen LogP contribution >= 0.6 is 0 Å². The van der Waals surface area contributed by atoms with Crippen LogP contribution < -0.4 is 0 Å². The third-order valence-electron chi connectivity index (χ3n) is 4.51. The van der Waals surface area contributed by atoms with Gasteiger partial charge in [-0.1, -0.05) is 6.92 Å². The minimum Gasteiger partial charge on any atom is -0.349 e. The minimum absolute atomic E-state index is 0.341. The second kappa shape index (κ2) is 4.88. The molecular weight excluding hydrogens is 224 g/mol. The summed E-state index contributed by atoms with van der Waals surface area (Å²) in [5.74, 6) is 0.341. The highest BCUT2D eigenvalue weighted by molar-refractivity contribution is 5.98. The maximum Gasteiger partial charge on any atom is 0.164 e. The van der Waals surface area contributed by atoms with Gasteiger partial charge in [0.05, 0.1) is 0 Å². The van der Waals surface area contributed by atoms with E-state index in [4.69, 9.17) is 0 Å². The summed E-state index contributed by atoms with van der Waals surface area (Å²) in [4.78, 5) is 14.4. The molecule has 1 unspecified atom stereocenters. The molecule has 18 heavy (non-hydrogen) atoms. The van der Waals surface area contributed by atoms with E-state index in [2.05, 4.69) is 22.6 Å². The number of likely N-dealkylation sites (N-methyl/N-ethyl adjacent to an activating group) is 1. The van der Waals surface area contributed by atoms with Crippen LogP contribution in [0.15, 0.2) is 12.3 Å². The van der Waals surface area contributed by atoms with Crippen LogP contribution in [0, 0.1) is 0 Å². The van der Waals surface area contributed by atoms with E-state index in [1.54, 1.807) is 0 Å². The fourth-order valence-corrected chi connectivity index (χ4v) is 3.50. The van der Waals surface area contributed by atoms with Crippen LogP contribution in [0.25, 0.3) is 0 Å². The van der Waals surface area contributed by atoms with E-state index in [1.807, 2.05) is 6.07 Å². The lowest BCUT2D eigenvalue weighted by atomic mass is 9.97. The number of fused-ring (bicyclic) bond motifs is 1. The number of aromatic nitrogens is 1. The number of likely N-dealkylation sites (tertiary alicyclic amines) is 1. The van der Waals surface area contributed by atoms with E-state index >= 15 is 0 Å². The summed E-state index contributed by atoms with van der Waals surface area (Å²) in [7, 11) is 0. The Morgan fingerprint density at radius 3 is 3.06 bits per heavy atom. The maximum atomic E-state index is 11.8. The molecule has 3 heteroatoms. The van der Waals surface area contributed by atoms with Gasteiger partial charge in [-0.05, 0) is 44.8 Å². The van der Waals surface area contributed by atoms with Crippen molar-refractivity contribution in [1.82, 2.24) is 9.47 Å². The second-order valence-corrected chi connectivity index (χ2v) is 5.53. The van der Waals surface area contributed by atoms with Gasteiger partial charge in [0.25, 0.3) is 0 Å². The molecule has 1 aliphatic carbocycles. The number of hydrogen-bond donors (Lipinski definition) is 0. The van der Waals surface area contributed by atoms with Crippen molar-refractivity contribution in [2.24, 2.45) is 0 Å². The van der Waals surface area contributed by atoms with Crippen LogP contribution in [-0.2, 0) is 13.0 Å². The van der Waals surface area contributed by atoms with Crippen molar-refractivity contribution in [1.29, 1.82) is 0 Å². The molecule has 1 saturated heterocycles. The fraction of sp³-hybridized carbons (Fsp3) is 0.667. The van der Waals surface area contributed by atoms with Crippen molar-refractivity contribution in [3.63, 3.8) is 0 Å². The number of hydrogen-bond acceptors (Lipinski definition) is 2. The van der Waals surface area contributed by atoms with Crippen molar-refractivity contribution >= 4 is 5.78 Å². The molecule has 0 bridgehead atoms. The Labute approximate surface area is 109 Å². The van der Waals surface area contributed by atoms with Crippen LogP contribution in [0.5, 0.6) is 0 Å². The fourth-order valence-electron chi connectivity index (χ4n) is 3.50. The van der Waals surface area contributed by atoms with Gasteiger partial charge in [0.2, 0.25) is 0 Å². The summed E-state index contributed by atoms with van der Waals surface area (Å²) in [6, 6.07) is 2.70. The highest BCUT2D eigenvalue weighted by Crippen LogP contribution is 2.25. The standard InChI is InChI=1S/C15H22N2O/c1-2-16-9-4-5-12(16)11-17-10-8-13-14(17)6-3-7-15(13)18/h8,10,12H,2-7,9,11H2,1H3. The monoisotopic (exact) mass is 246 g/mol. The summed E-state index contributed by atoms with van der Waals surface area (Å²) in [6.07, 6.45) is 7.59. The van der Waals surface area contributed by atoms with E-state index in [0.717, 1.165) is 37.9 Å². The molecule has 98 valence electrons. The van der Waals surface area contributed by atoms with E-state index < -0.39 is 0 Å². The lowest BCUT2D eigenvalue weighted by Gasteiger charge is -2.25. The average Bonchev–Trinajstić information content (AvgIpc) is 2.98. The van der Waals surface area contributed by atoms with Gasteiger partial charge in [0, 0.05) is 36.5 Å². The molecule has 3 nitrogen and oxygen atoms in total. The number of rotatable bonds is 3. The third-order valence-corrected chi connectivity index (χ3v) is 4.51. The van der Waals surface area contributed by atoms with E-state index in [-0.39, 0.29) is 0 Å². The predicted molar refractivity (Wildman–Crippen MR) is 72.0 cm³/mol. The first-order valence-electron chi connectivity index (χ1n) is 7.25. The first-order chi connectivity index (χ1) is 8.79. The third kappa shape index (κ3) is 2.01. The van der Waals surface area contributed by atoms with Crippen molar-refractivity contribution < 1.29 is 4.79 Å². The Bertz CT molecular complexity index is 449. The molecule has 0 aromatic carbocycles. The van der Waals surface area contributed by atoms with E-state index in [0.29, 0.717) is 11.8 Å². The normalized spacial score (nSPS) is 24.5. The predicted octanol–water partition coefficient (Wildman–Crippen LogP) is 2.49. The molecule has 1 aromatic heterocycles. The van der Waals surface area contributed by atoms with Gasteiger partial charge in [-0.2, -0.15) is 0 Å². The van der Waals surface area contributed by atoms with Crippen molar-refractivity contribution in [3.8, 4) is 0 Å². The lowest BCUT2D eigenvalue weighted by Crippen LogP contribution is -2.33. The Morgan fingerprint density at radius 2 is 2.22 bits per heavy atom. The first-order valence-corrected chi connectivity index (χ1v) is 7.25. The van der Waals surface area contributed by atoms with Crippen molar-refractivity contribution in [2.45, 2.75) is 51.6 Å². The number of Topliss-reactive ketones (excluding diaryl/α,β-unsaturated/α-hetero) is 1. The molecule has 3 rings (SSSR count). The molecule has 0 N–H and O–H groups in total. The highest BCUT2D eigenvalue weighted by atomic mass is 16.1. The lowest BCUT2D eigenvalue weighted by molar-refractivity contribution is 0.0971. The van der Waals surface area contributed by atoms with Crippen LogP contribution in [0.2, 0.25) is 0 Å². The van der Waals surface area contributed by atoms with Crippen molar-refractivity contribution in [2.75, 3.05) is 13.1 Å². The van der Waals surface area contributed by atoms with E-state index in [1.165, 1.54) is 25.1 Å². The maximum absolute atomic E-state index is 11.8. The molecule has 0 saturated carbocycles. The minimum atomic E-state index is 0.341. The molecule has 0 amide bonds. The number of carbonyl (C=O) groups is 1. The van der Waals surface area contributed by atoms with Crippen molar-refractivity contribution in [3.05, 3.63) is 23.5 Å². The molecule has 1 aliphatic heterocycles. The van der Waals surface area contributed by atoms with Crippen LogP contribution in [0.1, 0.15) is 48.7 Å². The Balaban J connectivity index is 1.79. The summed E-state index contributed by atoms with van der Waals surface area (Å²) in [5, 5.41) is 0. The number of carbonyl (C=O) groups excluding carboxylic acids is 1. The van der Waals surface area contributed by atoms with Gasteiger partial charge in [-0.15, -0.1) is 0 Å². The topological polar surface area (TPSA) is 25.2 Å². The summed E-state index contributed by atoms with van der Waals surface area (Å²) in [6.45, 7) is 5.69. The first kappa shape index (κ1) is 12.0. The Hall–Kier alpha value is -1.09. The Kier molecular flexibility index (Phi) is 3.25. The summed E-state index contributed by atoms with van der Waals surface area (Å²) >= 11 is 0. The molecular formula is C15H22N2O. The smallest absolute Gasteiger partial charge is 0.164 e. The van der Waals surface area contributed by atoms with Gasteiger partial charge in [-0.3, -0.25) is 9.69 Å². The van der Waals surface area contributed by atoms with Gasteiger partial charge in [0.1, 0.15) is 0 Å². The molecule has 0 spiro atoms. The highest BCUT2D eigenvalue weighted by Gasteiger charge is 2.26. The van der Waals surface area contributed by atoms with Crippen LogP contribution in [0.4, 0.5) is 0 Å². The zero-order valence-electron chi connectivity index (χ0n) is 11.2. The average molecular weight is 246 g/mol. The van der Waals surface area contributed by atoms with Gasteiger partial charge < -0.3 is 4.57 Å². The van der Waals surface area contributed by atoms with Gasteiger partial charge in [-0.25, -0.2) is 0 Å². The molecule has 1 atom stereocenters. The van der Waals surface area contributed by atoms with Crippen LogP contribution in [0.3, 0.4) is 0 Å². The zero-order chi connectivity index (χ0) is 12.5. The molecule has 1 fully saturated rings. The zero-order valence-corrected chi connectivity index (χ0v) is 11.2. The number of ketones is 1. The second-order valence-electron chi connectivity index (χ2n) is 5.53. The van der Waals surface area contributed by atoms with Crippen LogP contribution in [-0.4, -0.2) is 34.4 Å². The summed E-state index contributed by atoms with van der Waals surface area (Å²) in [5.41, 5.74) is 2.27. The molecule has 0 radical (unpaired) electrons. The molecule has 2 heterocycles. The number of nitrogens with zero attached hydrogens (tertiary/aromatic N) is 2. The SMILES string of the molecule is CCN1CCCC1Cn1ccc2c1CCCC2=O.